The highest BCUT2D eigenvalue weighted by molar-refractivity contribution is 5.89. The van der Waals surface area contributed by atoms with Crippen molar-refractivity contribution in [1.82, 2.24) is 0 Å². The molecule has 0 bridgehead atoms. The Bertz CT molecular complexity index is 2370. The van der Waals surface area contributed by atoms with Crippen molar-refractivity contribution >= 4 is 69.2 Å². The SMILES string of the molecule is Cc1ccccc1N(c1ccccc1)c1ccc(C=Cc2ccc3cc(C=Cc4ccc(N(c5ccccc5)c5ccccc5C)cc4)ccc3c2)cc1. The number of benzene rings is 8. The van der Waals surface area contributed by atoms with Crippen LogP contribution in [0.5, 0.6) is 0 Å². The first-order valence-corrected chi connectivity index (χ1v) is 18.5. The van der Waals surface area contributed by atoms with Gasteiger partial charge in [0.25, 0.3) is 0 Å². The van der Waals surface area contributed by atoms with Crippen molar-refractivity contribution < 1.29 is 0 Å². The molecule has 0 saturated carbocycles. The van der Waals surface area contributed by atoms with E-state index in [1.54, 1.807) is 0 Å². The van der Waals surface area contributed by atoms with E-state index in [1.807, 2.05) is 0 Å². The van der Waals surface area contributed by atoms with Crippen LogP contribution in [0.2, 0.25) is 0 Å². The molecule has 0 fully saturated rings. The van der Waals surface area contributed by atoms with E-state index in [9.17, 15) is 0 Å². The van der Waals surface area contributed by atoms with Gasteiger partial charge in [-0.3, -0.25) is 0 Å². The lowest BCUT2D eigenvalue weighted by molar-refractivity contribution is 1.25. The fourth-order valence-electron chi connectivity index (χ4n) is 6.98. The third kappa shape index (κ3) is 7.65. The van der Waals surface area contributed by atoms with Crippen LogP contribution in [0.25, 0.3) is 35.1 Å². The number of anilines is 6. The number of aryl methyl sites for hydroxylation is 2. The average Bonchev–Trinajstić information content (AvgIpc) is 3.22. The highest BCUT2D eigenvalue weighted by atomic mass is 15.1. The first-order chi connectivity index (χ1) is 26.6. The van der Waals surface area contributed by atoms with E-state index in [-0.39, 0.29) is 0 Å². The van der Waals surface area contributed by atoms with Gasteiger partial charge in [0.1, 0.15) is 0 Å². The molecule has 0 aliphatic carbocycles. The van der Waals surface area contributed by atoms with Crippen LogP contribution in [0, 0.1) is 13.8 Å². The number of hydrogen-bond donors (Lipinski definition) is 0. The van der Waals surface area contributed by atoms with Gasteiger partial charge in [0.2, 0.25) is 0 Å². The molecule has 2 nitrogen and oxygen atoms in total. The maximum atomic E-state index is 2.32. The van der Waals surface area contributed by atoms with Crippen LogP contribution in [0.1, 0.15) is 33.4 Å². The molecule has 0 saturated heterocycles. The van der Waals surface area contributed by atoms with E-state index in [2.05, 4.69) is 242 Å². The van der Waals surface area contributed by atoms with Crippen molar-refractivity contribution in [3.05, 3.63) is 228 Å². The van der Waals surface area contributed by atoms with Crippen LogP contribution >= 0.6 is 0 Å². The van der Waals surface area contributed by atoms with E-state index in [1.165, 1.54) is 44.4 Å². The van der Waals surface area contributed by atoms with Crippen LogP contribution in [0.3, 0.4) is 0 Å². The number of fused-ring (bicyclic) bond motifs is 1. The van der Waals surface area contributed by atoms with Crippen molar-refractivity contribution in [1.29, 1.82) is 0 Å². The summed E-state index contributed by atoms with van der Waals surface area (Å²) in [5, 5.41) is 2.45. The highest BCUT2D eigenvalue weighted by Gasteiger charge is 2.15. The second kappa shape index (κ2) is 15.8. The minimum absolute atomic E-state index is 1.13. The lowest BCUT2D eigenvalue weighted by atomic mass is 10.0. The van der Waals surface area contributed by atoms with Crippen LogP contribution in [-0.4, -0.2) is 0 Å². The molecule has 0 spiro atoms. The number of rotatable bonds is 10. The zero-order valence-electron chi connectivity index (χ0n) is 30.7. The molecule has 8 aromatic rings. The number of hydrogen-bond acceptors (Lipinski definition) is 2. The third-order valence-electron chi connectivity index (χ3n) is 9.87. The molecular weight excluding hydrogens is 653 g/mol. The van der Waals surface area contributed by atoms with Gasteiger partial charge in [-0.2, -0.15) is 0 Å². The van der Waals surface area contributed by atoms with Gasteiger partial charge in [0, 0.05) is 34.1 Å². The Morgan fingerprint density at radius 3 is 1.00 bits per heavy atom. The number of nitrogens with zero attached hydrogens (tertiary/aromatic N) is 2. The molecule has 54 heavy (non-hydrogen) atoms. The zero-order valence-corrected chi connectivity index (χ0v) is 30.7. The average molecular weight is 695 g/mol. The van der Waals surface area contributed by atoms with Gasteiger partial charge in [0.15, 0.2) is 0 Å². The fraction of sp³-hybridized carbons (Fsp3) is 0.0385. The Labute approximate surface area is 319 Å². The summed E-state index contributed by atoms with van der Waals surface area (Å²) >= 11 is 0. The van der Waals surface area contributed by atoms with Crippen LogP contribution in [0.4, 0.5) is 34.1 Å². The van der Waals surface area contributed by atoms with Crippen molar-refractivity contribution in [2.75, 3.05) is 9.80 Å². The summed E-state index contributed by atoms with van der Waals surface area (Å²) in [6, 6.07) is 69.1. The molecule has 260 valence electrons. The Balaban J connectivity index is 0.962. The van der Waals surface area contributed by atoms with Gasteiger partial charge >= 0.3 is 0 Å². The highest BCUT2D eigenvalue weighted by Crippen LogP contribution is 2.38. The molecule has 0 N–H and O–H groups in total. The zero-order chi connectivity index (χ0) is 36.7. The van der Waals surface area contributed by atoms with E-state index >= 15 is 0 Å². The molecule has 8 aromatic carbocycles. The molecule has 0 heterocycles. The van der Waals surface area contributed by atoms with Crippen LogP contribution < -0.4 is 9.80 Å². The lowest BCUT2D eigenvalue weighted by Crippen LogP contribution is -2.11. The first-order valence-electron chi connectivity index (χ1n) is 18.5. The Hall–Kier alpha value is -6.90. The summed E-state index contributed by atoms with van der Waals surface area (Å²) in [4.78, 5) is 4.64. The monoisotopic (exact) mass is 694 g/mol. The normalized spacial score (nSPS) is 11.4. The summed E-state index contributed by atoms with van der Waals surface area (Å²) in [7, 11) is 0. The van der Waals surface area contributed by atoms with Crippen LogP contribution in [-0.2, 0) is 0 Å². The molecule has 0 aliphatic heterocycles. The number of para-hydroxylation sites is 4. The largest absolute Gasteiger partial charge is 0.310 e. The Kier molecular flexibility index (Phi) is 9.99. The van der Waals surface area contributed by atoms with Gasteiger partial charge in [-0.05, 0) is 131 Å². The minimum Gasteiger partial charge on any atom is -0.310 e. The maximum Gasteiger partial charge on any atom is 0.0490 e. The molecule has 8 rings (SSSR count). The smallest absolute Gasteiger partial charge is 0.0490 e. The van der Waals surface area contributed by atoms with Gasteiger partial charge in [-0.15, -0.1) is 0 Å². The van der Waals surface area contributed by atoms with E-state index in [4.69, 9.17) is 0 Å². The Morgan fingerprint density at radius 2 is 0.611 bits per heavy atom. The van der Waals surface area contributed by atoms with Gasteiger partial charge < -0.3 is 9.80 Å². The van der Waals surface area contributed by atoms with Crippen molar-refractivity contribution in [3.63, 3.8) is 0 Å². The summed E-state index contributed by atoms with van der Waals surface area (Å²) in [5.74, 6) is 0. The Morgan fingerprint density at radius 1 is 0.296 bits per heavy atom. The summed E-state index contributed by atoms with van der Waals surface area (Å²) in [5.41, 5.74) is 14.1. The second-order valence-electron chi connectivity index (χ2n) is 13.6. The molecule has 0 unspecified atom stereocenters. The molecular formula is C52H42N2. The third-order valence-corrected chi connectivity index (χ3v) is 9.87. The van der Waals surface area contributed by atoms with Crippen molar-refractivity contribution in [2.24, 2.45) is 0 Å². The standard InChI is InChI=1S/C52H42N2/c1-39-13-9-11-19-51(39)53(47-15-5-3-6-16-47)49-33-27-41(28-34-49)21-23-43-25-31-46-38-44(26-32-45(46)37-43)24-22-42-29-35-50(36-30-42)54(48-17-7-4-8-18-48)52-20-12-10-14-40(52)2/h3-38H,1-2H3. The minimum atomic E-state index is 1.13. The summed E-state index contributed by atoms with van der Waals surface area (Å²) in [6.07, 6.45) is 8.77. The molecule has 0 amide bonds. The molecule has 0 radical (unpaired) electrons. The molecule has 2 heteroatoms. The van der Waals surface area contributed by atoms with Gasteiger partial charge in [-0.25, -0.2) is 0 Å². The fourth-order valence-corrected chi connectivity index (χ4v) is 6.98. The topological polar surface area (TPSA) is 6.48 Å². The predicted molar refractivity (Wildman–Crippen MR) is 234 cm³/mol. The van der Waals surface area contributed by atoms with Gasteiger partial charge in [0.05, 0.1) is 0 Å². The molecule has 0 aliphatic rings. The summed E-state index contributed by atoms with van der Waals surface area (Å²) < 4.78 is 0. The lowest BCUT2D eigenvalue weighted by Gasteiger charge is -2.27. The quantitative estimate of drug-likeness (QED) is 0.132. The van der Waals surface area contributed by atoms with Crippen LogP contribution in [0.15, 0.2) is 194 Å². The first kappa shape index (κ1) is 34.2. The second-order valence-corrected chi connectivity index (χ2v) is 13.6. The maximum absolute atomic E-state index is 2.32. The van der Waals surface area contributed by atoms with Crippen molar-refractivity contribution in [2.45, 2.75) is 13.8 Å². The van der Waals surface area contributed by atoms with E-state index < -0.39 is 0 Å². The predicted octanol–water partition coefficient (Wildman–Crippen LogP) is 14.7. The van der Waals surface area contributed by atoms with E-state index in [0.29, 0.717) is 0 Å². The van der Waals surface area contributed by atoms with Crippen molar-refractivity contribution in [3.8, 4) is 0 Å². The van der Waals surface area contributed by atoms with Gasteiger partial charge in [-0.1, -0.05) is 146 Å². The van der Waals surface area contributed by atoms with E-state index in [0.717, 1.165) is 33.9 Å². The molecule has 0 atom stereocenters. The summed E-state index contributed by atoms with van der Waals surface area (Å²) in [6.45, 7) is 4.33. The molecule has 0 aromatic heterocycles.